The Morgan fingerprint density at radius 2 is 2.06 bits per heavy atom. The van der Waals surface area contributed by atoms with Gasteiger partial charge in [0.25, 0.3) is 5.91 Å². The normalized spacial score (nSPS) is 13.2. The Balaban J connectivity index is 2.51. The van der Waals surface area contributed by atoms with E-state index in [0.717, 1.165) is 25.0 Å². The van der Waals surface area contributed by atoms with Crippen molar-refractivity contribution in [1.29, 1.82) is 0 Å². The molecule has 0 bridgehead atoms. The van der Waals surface area contributed by atoms with Crippen LogP contribution in [0.5, 0.6) is 0 Å². The first-order valence-electron chi connectivity index (χ1n) is 6.21. The molecule has 4 nitrogen and oxygen atoms in total. The van der Waals surface area contributed by atoms with E-state index >= 15 is 0 Å². The summed E-state index contributed by atoms with van der Waals surface area (Å²) < 4.78 is 0. The van der Waals surface area contributed by atoms with E-state index in [4.69, 9.17) is 0 Å². The Labute approximate surface area is 108 Å². The van der Waals surface area contributed by atoms with Crippen LogP contribution in [0.4, 0.5) is 0 Å². The second kappa shape index (κ2) is 7.61. The van der Waals surface area contributed by atoms with Crippen molar-refractivity contribution < 1.29 is 9.90 Å². The van der Waals surface area contributed by atoms with Crippen molar-refractivity contribution in [1.82, 2.24) is 5.43 Å². The number of aliphatic hydroxyl groups is 1. The maximum absolute atomic E-state index is 11.7. The molecule has 0 aliphatic carbocycles. The lowest BCUT2D eigenvalue weighted by atomic mass is 10.1. The zero-order valence-electron chi connectivity index (χ0n) is 10.9. The molecule has 0 saturated heterocycles. The van der Waals surface area contributed by atoms with Crippen molar-refractivity contribution in [3.8, 4) is 0 Å². The molecule has 0 heterocycles. The fourth-order valence-electron chi connectivity index (χ4n) is 1.49. The van der Waals surface area contributed by atoms with Crippen LogP contribution in [0.15, 0.2) is 35.4 Å². The van der Waals surface area contributed by atoms with Crippen molar-refractivity contribution >= 4 is 11.6 Å². The molecule has 0 saturated carbocycles. The summed E-state index contributed by atoms with van der Waals surface area (Å²) >= 11 is 0. The molecule has 0 aliphatic heterocycles. The van der Waals surface area contributed by atoms with E-state index in [1.807, 2.05) is 13.0 Å². The minimum atomic E-state index is -1.17. The van der Waals surface area contributed by atoms with E-state index in [1.165, 1.54) is 0 Å². The minimum Gasteiger partial charge on any atom is -0.378 e. The molecule has 0 radical (unpaired) electrons. The molecule has 98 valence electrons. The molecule has 1 aromatic rings. The highest BCUT2D eigenvalue weighted by atomic mass is 16.3. The topological polar surface area (TPSA) is 61.7 Å². The SMILES string of the molecule is CCCC/C(C)=N\NC(=O)[C@H](O)c1ccccc1. The van der Waals surface area contributed by atoms with Gasteiger partial charge in [-0.1, -0.05) is 43.7 Å². The number of carbonyl (C=O) groups is 1. The van der Waals surface area contributed by atoms with Gasteiger partial charge < -0.3 is 5.11 Å². The molecule has 1 amide bonds. The summed E-state index contributed by atoms with van der Waals surface area (Å²) in [5.74, 6) is -0.503. The van der Waals surface area contributed by atoms with Gasteiger partial charge in [0, 0.05) is 5.71 Å². The van der Waals surface area contributed by atoms with Gasteiger partial charge in [-0.05, 0) is 25.3 Å². The Morgan fingerprint density at radius 1 is 1.39 bits per heavy atom. The van der Waals surface area contributed by atoms with Crippen LogP contribution < -0.4 is 5.43 Å². The molecule has 2 N–H and O–H groups in total. The zero-order chi connectivity index (χ0) is 13.4. The van der Waals surface area contributed by atoms with Crippen LogP contribution in [0.25, 0.3) is 0 Å². The number of amides is 1. The van der Waals surface area contributed by atoms with Gasteiger partial charge in [0.05, 0.1) is 0 Å². The smallest absolute Gasteiger partial charge is 0.273 e. The highest BCUT2D eigenvalue weighted by molar-refractivity contribution is 5.86. The Hall–Kier alpha value is -1.68. The molecule has 18 heavy (non-hydrogen) atoms. The molecule has 1 rings (SSSR count). The van der Waals surface area contributed by atoms with E-state index in [0.29, 0.717) is 5.56 Å². The van der Waals surface area contributed by atoms with Gasteiger partial charge in [0.2, 0.25) is 0 Å². The molecule has 0 unspecified atom stereocenters. The zero-order valence-corrected chi connectivity index (χ0v) is 10.9. The summed E-state index contributed by atoms with van der Waals surface area (Å²) in [6, 6.07) is 8.81. The number of unbranched alkanes of at least 4 members (excludes halogenated alkanes) is 1. The Kier molecular flexibility index (Phi) is 6.08. The summed E-state index contributed by atoms with van der Waals surface area (Å²) in [4.78, 5) is 11.7. The van der Waals surface area contributed by atoms with Gasteiger partial charge >= 0.3 is 0 Å². The number of nitrogens with one attached hydrogen (secondary N) is 1. The van der Waals surface area contributed by atoms with Gasteiger partial charge in [0.1, 0.15) is 0 Å². The van der Waals surface area contributed by atoms with Crippen molar-refractivity contribution in [3.05, 3.63) is 35.9 Å². The van der Waals surface area contributed by atoms with E-state index in [1.54, 1.807) is 24.3 Å². The van der Waals surface area contributed by atoms with Gasteiger partial charge in [0.15, 0.2) is 6.10 Å². The molecule has 0 spiro atoms. The Morgan fingerprint density at radius 3 is 2.67 bits per heavy atom. The van der Waals surface area contributed by atoms with Crippen LogP contribution in [0.1, 0.15) is 44.8 Å². The van der Waals surface area contributed by atoms with Gasteiger partial charge in [-0.3, -0.25) is 4.79 Å². The fraction of sp³-hybridized carbons (Fsp3) is 0.429. The standard InChI is InChI=1S/C14H20N2O2/c1-3-4-8-11(2)15-16-14(18)13(17)12-9-6-5-7-10-12/h5-7,9-10,13,17H,3-4,8H2,1-2H3,(H,16,18)/b15-11-/t13-/m1/s1. The van der Waals surface area contributed by atoms with E-state index in [-0.39, 0.29) is 0 Å². The summed E-state index contributed by atoms with van der Waals surface area (Å²) in [6.07, 6.45) is 1.83. The minimum absolute atomic E-state index is 0.503. The fourth-order valence-corrected chi connectivity index (χ4v) is 1.49. The second-order valence-corrected chi connectivity index (χ2v) is 4.24. The van der Waals surface area contributed by atoms with Gasteiger partial charge in [-0.15, -0.1) is 0 Å². The first kappa shape index (κ1) is 14.4. The summed E-state index contributed by atoms with van der Waals surface area (Å²) in [5, 5.41) is 13.8. The maximum Gasteiger partial charge on any atom is 0.273 e. The van der Waals surface area contributed by atoms with E-state index < -0.39 is 12.0 Å². The molecule has 0 fully saturated rings. The average Bonchev–Trinajstić information content (AvgIpc) is 2.42. The molecule has 0 aliphatic rings. The number of carbonyl (C=O) groups excluding carboxylic acids is 1. The molecule has 4 heteroatoms. The van der Waals surface area contributed by atoms with Crippen LogP contribution in [0.3, 0.4) is 0 Å². The van der Waals surface area contributed by atoms with E-state index in [2.05, 4.69) is 17.5 Å². The van der Waals surface area contributed by atoms with Gasteiger partial charge in [-0.25, -0.2) is 5.43 Å². The third kappa shape index (κ3) is 4.67. The van der Waals surface area contributed by atoms with Gasteiger partial charge in [-0.2, -0.15) is 5.10 Å². The number of hydrazone groups is 1. The molecule has 1 aromatic carbocycles. The quantitative estimate of drug-likeness (QED) is 0.600. The van der Waals surface area contributed by atoms with Crippen LogP contribution in [-0.4, -0.2) is 16.7 Å². The van der Waals surface area contributed by atoms with Crippen molar-refractivity contribution in [2.45, 2.75) is 39.2 Å². The molecular weight excluding hydrogens is 228 g/mol. The van der Waals surface area contributed by atoms with Crippen LogP contribution >= 0.6 is 0 Å². The van der Waals surface area contributed by atoms with Crippen molar-refractivity contribution in [2.24, 2.45) is 5.10 Å². The lowest BCUT2D eigenvalue weighted by Gasteiger charge is -2.09. The largest absolute Gasteiger partial charge is 0.378 e. The molecule has 1 atom stereocenters. The number of nitrogens with zero attached hydrogens (tertiary/aromatic N) is 1. The van der Waals surface area contributed by atoms with Crippen molar-refractivity contribution in [3.63, 3.8) is 0 Å². The molecule has 0 aromatic heterocycles. The predicted molar refractivity (Wildman–Crippen MR) is 72.2 cm³/mol. The number of rotatable bonds is 6. The number of benzene rings is 1. The lowest BCUT2D eigenvalue weighted by molar-refractivity contribution is -0.129. The maximum atomic E-state index is 11.7. The number of aliphatic hydroxyl groups excluding tert-OH is 1. The highest BCUT2D eigenvalue weighted by Gasteiger charge is 2.16. The second-order valence-electron chi connectivity index (χ2n) is 4.24. The van der Waals surface area contributed by atoms with Crippen LogP contribution in [0.2, 0.25) is 0 Å². The third-order valence-electron chi connectivity index (χ3n) is 2.61. The number of hydrogen-bond acceptors (Lipinski definition) is 3. The van der Waals surface area contributed by atoms with Crippen LogP contribution in [-0.2, 0) is 4.79 Å². The monoisotopic (exact) mass is 248 g/mol. The van der Waals surface area contributed by atoms with Crippen molar-refractivity contribution in [2.75, 3.05) is 0 Å². The lowest BCUT2D eigenvalue weighted by Crippen LogP contribution is -2.25. The number of hydrogen-bond donors (Lipinski definition) is 2. The average molecular weight is 248 g/mol. The molecular formula is C14H20N2O2. The predicted octanol–water partition coefficient (Wildman–Crippen LogP) is 2.40. The van der Waals surface area contributed by atoms with Crippen LogP contribution in [0, 0.1) is 0 Å². The highest BCUT2D eigenvalue weighted by Crippen LogP contribution is 2.11. The first-order chi connectivity index (χ1) is 8.65. The summed E-state index contributed by atoms with van der Waals surface area (Å²) in [5.41, 5.74) is 3.82. The Bertz CT molecular complexity index is 402. The summed E-state index contributed by atoms with van der Waals surface area (Å²) in [7, 11) is 0. The van der Waals surface area contributed by atoms with E-state index in [9.17, 15) is 9.90 Å². The summed E-state index contributed by atoms with van der Waals surface area (Å²) in [6.45, 7) is 3.97. The third-order valence-corrected chi connectivity index (χ3v) is 2.61. The first-order valence-corrected chi connectivity index (χ1v) is 6.21.